The van der Waals surface area contributed by atoms with E-state index in [2.05, 4.69) is 22.0 Å². The van der Waals surface area contributed by atoms with Crippen LogP contribution in [0.2, 0.25) is 0 Å². The molecule has 2 heterocycles. The maximum Gasteiger partial charge on any atom is 0.244 e. The normalized spacial score (nSPS) is 18.1. The average Bonchev–Trinajstić information content (AvgIpc) is 3.16. The quantitative estimate of drug-likeness (QED) is 0.870. The highest BCUT2D eigenvalue weighted by Crippen LogP contribution is 2.25. The van der Waals surface area contributed by atoms with Gasteiger partial charge < -0.3 is 15.2 Å². The van der Waals surface area contributed by atoms with Crippen LogP contribution in [-0.4, -0.2) is 58.1 Å². The SMILES string of the molecule is Cc1ccc(-c2noc(C(C)N3CCN(C(=O)[C@@H](N)C(C)(C)C)CC3)n2)cc1. The summed E-state index contributed by atoms with van der Waals surface area (Å²) in [6.07, 6.45) is 0. The van der Waals surface area contributed by atoms with Crippen LogP contribution in [0, 0.1) is 12.3 Å². The second-order valence-electron chi connectivity index (χ2n) is 8.70. The number of nitrogens with zero attached hydrogens (tertiary/aromatic N) is 4. The maximum atomic E-state index is 12.6. The number of aromatic nitrogens is 2. The molecular weight excluding hydrogens is 354 g/mol. The summed E-state index contributed by atoms with van der Waals surface area (Å²) in [6.45, 7) is 12.9. The Morgan fingerprint density at radius 2 is 1.75 bits per heavy atom. The molecule has 0 spiro atoms. The van der Waals surface area contributed by atoms with Gasteiger partial charge in [-0.1, -0.05) is 55.8 Å². The number of carbonyl (C=O) groups is 1. The molecule has 1 aliphatic heterocycles. The Morgan fingerprint density at radius 1 is 1.14 bits per heavy atom. The smallest absolute Gasteiger partial charge is 0.244 e. The lowest BCUT2D eigenvalue weighted by Crippen LogP contribution is -2.56. The molecule has 1 saturated heterocycles. The van der Waals surface area contributed by atoms with Crippen LogP contribution in [0.3, 0.4) is 0 Å². The van der Waals surface area contributed by atoms with Gasteiger partial charge in [0.25, 0.3) is 0 Å². The predicted molar refractivity (Wildman–Crippen MR) is 108 cm³/mol. The molecule has 1 aromatic carbocycles. The molecule has 7 heteroatoms. The number of amides is 1. The van der Waals surface area contributed by atoms with Crippen LogP contribution in [0.5, 0.6) is 0 Å². The maximum absolute atomic E-state index is 12.6. The molecule has 1 unspecified atom stereocenters. The van der Waals surface area contributed by atoms with Crippen molar-refractivity contribution in [1.82, 2.24) is 19.9 Å². The standard InChI is InChI=1S/C21H31N5O2/c1-14-6-8-16(9-7-14)18-23-19(28-24-18)15(2)25-10-12-26(13-11-25)20(27)17(22)21(3,4)5/h6-9,15,17H,10-13,22H2,1-5H3/t15?,17-/m1/s1. The van der Waals surface area contributed by atoms with Crippen molar-refractivity contribution in [3.63, 3.8) is 0 Å². The van der Waals surface area contributed by atoms with Crippen LogP contribution >= 0.6 is 0 Å². The molecule has 2 atom stereocenters. The number of nitrogens with two attached hydrogens (primary N) is 1. The van der Waals surface area contributed by atoms with E-state index in [4.69, 9.17) is 10.3 Å². The van der Waals surface area contributed by atoms with Crippen molar-refractivity contribution in [1.29, 1.82) is 0 Å². The highest BCUT2D eigenvalue weighted by atomic mass is 16.5. The van der Waals surface area contributed by atoms with Gasteiger partial charge in [-0.15, -0.1) is 0 Å². The van der Waals surface area contributed by atoms with E-state index < -0.39 is 6.04 Å². The highest BCUT2D eigenvalue weighted by Gasteiger charge is 2.34. The van der Waals surface area contributed by atoms with Gasteiger partial charge >= 0.3 is 0 Å². The molecule has 0 radical (unpaired) electrons. The van der Waals surface area contributed by atoms with Crippen molar-refractivity contribution in [2.75, 3.05) is 26.2 Å². The molecule has 0 aliphatic carbocycles. The fraction of sp³-hybridized carbons (Fsp3) is 0.571. The van der Waals surface area contributed by atoms with E-state index in [0.717, 1.165) is 18.7 Å². The first-order valence-electron chi connectivity index (χ1n) is 9.86. The van der Waals surface area contributed by atoms with E-state index in [0.29, 0.717) is 24.8 Å². The second-order valence-corrected chi connectivity index (χ2v) is 8.70. The first-order valence-corrected chi connectivity index (χ1v) is 9.86. The average molecular weight is 386 g/mol. The minimum Gasteiger partial charge on any atom is -0.339 e. The van der Waals surface area contributed by atoms with Gasteiger partial charge in [0, 0.05) is 31.7 Å². The van der Waals surface area contributed by atoms with Crippen LogP contribution in [0.1, 0.15) is 45.2 Å². The van der Waals surface area contributed by atoms with Crippen molar-refractivity contribution in [2.45, 2.75) is 46.7 Å². The molecule has 1 aromatic heterocycles. The Kier molecular flexibility index (Phi) is 5.86. The number of piperazine rings is 1. The number of carbonyl (C=O) groups excluding carboxylic acids is 1. The van der Waals surface area contributed by atoms with Crippen molar-refractivity contribution >= 4 is 5.91 Å². The van der Waals surface area contributed by atoms with Crippen LogP contribution in [0.4, 0.5) is 0 Å². The molecule has 1 aliphatic rings. The van der Waals surface area contributed by atoms with Gasteiger partial charge in [-0.2, -0.15) is 4.98 Å². The molecular formula is C21H31N5O2. The lowest BCUT2D eigenvalue weighted by Gasteiger charge is -2.39. The van der Waals surface area contributed by atoms with Crippen molar-refractivity contribution in [3.8, 4) is 11.4 Å². The molecule has 152 valence electrons. The number of rotatable bonds is 4. The van der Waals surface area contributed by atoms with Gasteiger partial charge in [0.1, 0.15) is 0 Å². The van der Waals surface area contributed by atoms with Gasteiger partial charge in [-0.05, 0) is 19.3 Å². The number of hydrogen-bond donors (Lipinski definition) is 1. The third-order valence-corrected chi connectivity index (χ3v) is 5.48. The third kappa shape index (κ3) is 4.42. The van der Waals surface area contributed by atoms with Gasteiger partial charge in [-0.25, -0.2) is 0 Å². The van der Waals surface area contributed by atoms with Gasteiger partial charge in [0.15, 0.2) is 0 Å². The minimum atomic E-state index is -0.482. The van der Waals surface area contributed by atoms with E-state index in [1.165, 1.54) is 5.56 Å². The number of hydrogen-bond acceptors (Lipinski definition) is 6. The molecule has 28 heavy (non-hydrogen) atoms. The lowest BCUT2D eigenvalue weighted by molar-refractivity contribution is -0.137. The summed E-state index contributed by atoms with van der Waals surface area (Å²) in [6, 6.07) is 7.58. The zero-order valence-corrected chi connectivity index (χ0v) is 17.5. The topological polar surface area (TPSA) is 88.5 Å². The fourth-order valence-electron chi connectivity index (χ4n) is 3.28. The van der Waals surface area contributed by atoms with Crippen LogP contribution in [0.15, 0.2) is 28.8 Å². The first-order chi connectivity index (χ1) is 13.2. The van der Waals surface area contributed by atoms with Gasteiger partial charge in [0.05, 0.1) is 12.1 Å². The largest absolute Gasteiger partial charge is 0.339 e. The van der Waals surface area contributed by atoms with Crippen LogP contribution in [0.25, 0.3) is 11.4 Å². The monoisotopic (exact) mass is 385 g/mol. The summed E-state index contributed by atoms with van der Waals surface area (Å²) >= 11 is 0. The molecule has 1 amide bonds. The zero-order valence-electron chi connectivity index (χ0n) is 17.5. The predicted octanol–water partition coefficient (Wildman–Crippen LogP) is 2.62. The van der Waals surface area contributed by atoms with E-state index in [1.807, 2.05) is 56.9 Å². The Hall–Kier alpha value is -2.25. The summed E-state index contributed by atoms with van der Waals surface area (Å²) < 4.78 is 5.52. The third-order valence-electron chi connectivity index (χ3n) is 5.48. The lowest BCUT2D eigenvalue weighted by atomic mass is 9.86. The van der Waals surface area contributed by atoms with E-state index >= 15 is 0 Å². The molecule has 0 bridgehead atoms. The molecule has 1 fully saturated rings. The van der Waals surface area contributed by atoms with Crippen molar-refractivity contribution in [3.05, 3.63) is 35.7 Å². The number of benzene rings is 1. The highest BCUT2D eigenvalue weighted by molar-refractivity contribution is 5.82. The first kappa shape index (κ1) is 20.5. The Morgan fingerprint density at radius 3 is 2.32 bits per heavy atom. The summed E-state index contributed by atoms with van der Waals surface area (Å²) in [5, 5.41) is 4.13. The van der Waals surface area contributed by atoms with E-state index in [-0.39, 0.29) is 17.4 Å². The Labute approximate surface area is 166 Å². The summed E-state index contributed by atoms with van der Waals surface area (Å²) in [7, 11) is 0. The fourth-order valence-corrected chi connectivity index (χ4v) is 3.28. The van der Waals surface area contributed by atoms with Crippen molar-refractivity contribution < 1.29 is 9.32 Å². The molecule has 2 aromatic rings. The molecule has 2 N–H and O–H groups in total. The second kappa shape index (κ2) is 8.01. The zero-order chi connectivity index (χ0) is 20.5. The molecule has 3 rings (SSSR count). The van der Waals surface area contributed by atoms with Crippen LogP contribution < -0.4 is 5.73 Å². The van der Waals surface area contributed by atoms with E-state index in [9.17, 15) is 4.79 Å². The summed E-state index contributed by atoms with van der Waals surface area (Å²) in [5.74, 6) is 1.23. The van der Waals surface area contributed by atoms with E-state index in [1.54, 1.807) is 0 Å². The summed E-state index contributed by atoms with van der Waals surface area (Å²) in [5.41, 5.74) is 8.04. The van der Waals surface area contributed by atoms with Gasteiger partial charge in [-0.3, -0.25) is 9.69 Å². The Balaban J connectivity index is 1.60. The van der Waals surface area contributed by atoms with Crippen LogP contribution in [-0.2, 0) is 4.79 Å². The number of aryl methyl sites for hydroxylation is 1. The molecule has 7 nitrogen and oxygen atoms in total. The van der Waals surface area contributed by atoms with Crippen molar-refractivity contribution in [2.24, 2.45) is 11.1 Å². The molecule has 0 saturated carbocycles. The van der Waals surface area contributed by atoms with Gasteiger partial charge in [0.2, 0.25) is 17.6 Å². The summed E-state index contributed by atoms with van der Waals surface area (Å²) in [4.78, 5) is 21.3. The Bertz CT molecular complexity index is 801. The minimum absolute atomic E-state index is 0.000222.